The molecule has 2 aromatic rings. The largest absolute Gasteiger partial charge is 0.490 e. The van der Waals surface area contributed by atoms with Gasteiger partial charge in [0, 0.05) is 56.9 Å². The van der Waals surface area contributed by atoms with Crippen molar-refractivity contribution in [3.63, 3.8) is 0 Å². The minimum absolute atomic E-state index is 0.0930. The highest BCUT2D eigenvalue weighted by molar-refractivity contribution is 7.07. The van der Waals surface area contributed by atoms with Crippen LogP contribution < -0.4 is 0 Å². The smallest absolute Gasteiger partial charge is 0.475 e. The van der Waals surface area contributed by atoms with Crippen LogP contribution in [-0.2, 0) is 18.4 Å². The van der Waals surface area contributed by atoms with Gasteiger partial charge in [0.1, 0.15) is 5.69 Å². The fraction of sp³-hybridized carbons (Fsp3) is 0.556. The summed E-state index contributed by atoms with van der Waals surface area (Å²) in [5.74, 6) is -1.36. The summed E-state index contributed by atoms with van der Waals surface area (Å²) >= 11 is 1.48. The number of rotatable bonds is 3. The fourth-order valence-electron chi connectivity index (χ4n) is 3.87. The van der Waals surface area contributed by atoms with Gasteiger partial charge in [0.05, 0.1) is 11.7 Å². The lowest BCUT2D eigenvalue weighted by Crippen LogP contribution is -2.43. The van der Waals surface area contributed by atoms with Gasteiger partial charge in [-0.05, 0) is 18.3 Å². The van der Waals surface area contributed by atoms with E-state index in [1.165, 1.54) is 16.9 Å². The zero-order valence-electron chi connectivity index (χ0n) is 16.2. The van der Waals surface area contributed by atoms with Crippen LogP contribution in [0.4, 0.5) is 13.2 Å². The van der Waals surface area contributed by atoms with E-state index in [9.17, 15) is 18.0 Å². The molecule has 0 aromatic carbocycles. The molecule has 4 heterocycles. The van der Waals surface area contributed by atoms with E-state index < -0.39 is 12.1 Å². The van der Waals surface area contributed by atoms with Gasteiger partial charge in [-0.15, -0.1) is 11.3 Å². The molecule has 2 aliphatic rings. The molecule has 0 radical (unpaired) electrons. The summed E-state index contributed by atoms with van der Waals surface area (Å²) in [6.07, 6.45) is 0.0458. The standard InChI is InChI=1S/C16H21N5OS.C2HF3O2/c1-19-5-12(4-18-19)6-20-7-13-2-3-21(9-14(13)8-20)16(22)15-10-23-11-17-15;3-2(4,5)1(6)7/h4-5,10-11,13-14H,2-3,6-9H2,1H3;(H,6,7)/t13-,14-;/m1./s1. The van der Waals surface area contributed by atoms with Crippen LogP contribution in [0.3, 0.4) is 0 Å². The number of amides is 1. The summed E-state index contributed by atoms with van der Waals surface area (Å²) < 4.78 is 33.6. The van der Waals surface area contributed by atoms with Crippen LogP contribution in [0.25, 0.3) is 0 Å². The van der Waals surface area contributed by atoms with Crippen molar-refractivity contribution in [2.24, 2.45) is 18.9 Å². The first kappa shape index (κ1) is 22.2. The molecule has 0 bridgehead atoms. The highest BCUT2D eigenvalue weighted by Gasteiger charge is 2.39. The number of carbonyl (C=O) groups is 2. The maximum atomic E-state index is 12.5. The van der Waals surface area contributed by atoms with Gasteiger partial charge in [-0.3, -0.25) is 14.4 Å². The third-order valence-electron chi connectivity index (χ3n) is 5.22. The van der Waals surface area contributed by atoms with Crippen LogP contribution in [0.2, 0.25) is 0 Å². The van der Waals surface area contributed by atoms with Crippen molar-refractivity contribution in [2.75, 3.05) is 26.2 Å². The van der Waals surface area contributed by atoms with Crippen molar-refractivity contribution in [1.82, 2.24) is 24.6 Å². The van der Waals surface area contributed by atoms with E-state index in [0.29, 0.717) is 17.5 Å². The second kappa shape index (κ2) is 9.13. The second-order valence-electron chi connectivity index (χ2n) is 7.45. The number of alkyl halides is 3. The number of hydrogen-bond acceptors (Lipinski definition) is 6. The van der Waals surface area contributed by atoms with Crippen LogP contribution in [0.1, 0.15) is 22.5 Å². The van der Waals surface area contributed by atoms with Gasteiger partial charge >= 0.3 is 12.1 Å². The number of carbonyl (C=O) groups excluding carboxylic acids is 1. The Kier molecular flexibility index (Phi) is 6.76. The molecule has 0 saturated carbocycles. The maximum absolute atomic E-state index is 12.5. The molecular weight excluding hydrogens is 423 g/mol. The van der Waals surface area contributed by atoms with Gasteiger partial charge in [0.2, 0.25) is 0 Å². The zero-order chi connectivity index (χ0) is 21.9. The molecule has 8 nitrogen and oxygen atoms in total. The highest BCUT2D eigenvalue weighted by Crippen LogP contribution is 2.32. The number of likely N-dealkylation sites (tertiary alicyclic amines) is 2. The summed E-state index contributed by atoms with van der Waals surface area (Å²) in [6.45, 7) is 4.89. The first-order valence-corrected chi connectivity index (χ1v) is 10.2. The Morgan fingerprint density at radius 2 is 1.97 bits per heavy atom. The summed E-state index contributed by atoms with van der Waals surface area (Å²) in [5, 5.41) is 13.2. The molecule has 0 spiro atoms. The van der Waals surface area contributed by atoms with E-state index in [4.69, 9.17) is 9.90 Å². The number of carboxylic acids is 1. The lowest BCUT2D eigenvalue weighted by molar-refractivity contribution is -0.192. The third-order valence-corrected chi connectivity index (χ3v) is 5.81. The Bertz CT molecular complexity index is 871. The number of halogens is 3. The molecule has 2 saturated heterocycles. The Morgan fingerprint density at radius 3 is 2.53 bits per heavy atom. The summed E-state index contributed by atoms with van der Waals surface area (Å²) in [4.78, 5) is 30.0. The zero-order valence-corrected chi connectivity index (χ0v) is 17.1. The lowest BCUT2D eigenvalue weighted by Gasteiger charge is -2.34. The fourth-order valence-corrected chi connectivity index (χ4v) is 4.40. The van der Waals surface area contributed by atoms with E-state index in [1.54, 1.807) is 5.51 Å². The van der Waals surface area contributed by atoms with Crippen LogP contribution in [-0.4, -0.2) is 73.9 Å². The van der Waals surface area contributed by atoms with E-state index in [-0.39, 0.29) is 5.91 Å². The van der Waals surface area contributed by atoms with Crippen LogP contribution in [0, 0.1) is 11.8 Å². The van der Waals surface area contributed by atoms with Gasteiger partial charge in [-0.2, -0.15) is 18.3 Å². The van der Waals surface area contributed by atoms with Gasteiger partial charge < -0.3 is 10.0 Å². The molecule has 2 fully saturated rings. The van der Waals surface area contributed by atoms with Gasteiger partial charge in [-0.1, -0.05) is 0 Å². The minimum Gasteiger partial charge on any atom is -0.475 e. The molecule has 2 atom stereocenters. The quantitative estimate of drug-likeness (QED) is 0.778. The molecule has 164 valence electrons. The van der Waals surface area contributed by atoms with Crippen LogP contribution in [0.5, 0.6) is 0 Å². The van der Waals surface area contributed by atoms with Gasteiger partial charge in [0.25, 0.3) is 5.91 Å². The Hall–Kier alpha value is -2.47. The number of aromatic nitrogens is 3. The number of hydrogen-bond donors (Lipinski definition) is 1. The highest BCUT2D eigenvalue weighted by atomic mass is 32.1. The third kappa shape index (κ3) is 5.57. The molecule has 1 N–H and O–H groups in total. The topological polar surface area (TPSA) is 91.6 Å². The van der Waals surface area contributed by atoms with Crippen molar-refractivity contribution < 1.29 is 27.9 Å². The number of carboxylic acid groups (broad SMARTS) is 1. The van der Waals surface area contributed by atoms with Crippen molar-refractivity contribution >= 4 is 23.2 Å². The van der Waals surface area contributed by atoms with Crippen molar-refractivity contribution in [3.05, 3.63) is 34.5 Å². The summed E-state index contributed by atoms with van der Waals surface area (Å²) in [6, 6.07) is 0. The molecule has 0 aliphatic carbocycles. The molecule has 1 amide bonds. The minimum atomic E-state index is -5.08. The molecular formula is C18H22F3N5O3S. The Balaban J connectivity index is 0.000000318. The Labute approximate surface area is 174 Å². The monoisotopic (exact) mass is 445 g/mol. The van der Waals surface area contributed by atoms with E-state index in [2.05, 4.69) is 21.2 Å². The Morgan fingerprint density at radius 1 is 1.27 bits per heavy atom. The van der Waals surface area contributed by atoms with E-state index in [1.807, 2.05) is 28.2 Å². The van der Waals surface area contributed by atoms with Crippen molar-refractivity contribution in [2.45, 2.75) is 19.1 Å². The van der Waals surface area contributed by atoms with E-state index in [0.717, 1.165) is 39.1 Å². The van der Waals surface area contributed by atoms with Crippen LogP contribution in [0.15, 0.2) is 23.3 Å². The maximum Gasteiger partial charge on any atom is 0.490 e. The first-order chi connectivity index (χ1) is 14.1. The normalized spacial score (nSPS) is 21.7. The molecule has 2 aliphatic heterocycles. The average molecular weight is 445 g/mol. The SMILES string of the molecule is Cn1cc(CN2C[C@H]3CCN(C(=O)c4cscn4)C[C@H]3C2)cn1.O=C(O)C(F)(F)F. The number of nitrogens with zero attached hydrogens (tertiary/aromatic N) is 5. The molecule has 4 rings (SSSR count). The van der Waals surface area contributed by atoms with Gasteiger partial charge in [0.15, 0.2) is 0 Å². The van der Waals surface area contributed by atoms with Crippen LogP contribution >= 0.6 is 11.3 Å². The molecule has 12 heteroatoms. The first-order valence-electron chi connectivity index (χ1n) is 9.31. The number of piperidine rings is 1. The average Bonchev–Trinajstić information content (AvgIpc) is 3.41. The molecule has 0 unspecified atom stereocenters. The predicted molar refractivity (Wildman–Crippen MR) is 102 cm³/mol. The summed E-state index contributed by atoms with van der Waals surface area (Å²) in [5.41, 5.74) is 3.59. The lowest BCUT2D eigenvalue weighted by atomic mass is 9.88. The van der Waals surface area contributed by atoms with Crippen molar-refractivity contribution in [3.8, 4) is 0 Å². The summed E-state index contributed by atoms with van der Waals surface area (Å²) in [7, 11) is 1.95. The number of aryl methyl sites for hydroxylation is 1. The number of aliphatic carboxylic acids is 1. The van der Waals surface area contributed by atoms with E-state index >= 15 is 0 Å². The van der Waals surface area contributed by atoms with Crippen molar-refractivity contribution in [1.29, 1.82) is 0 Å². The number of fused-ring (bicyclic) bond motifs is 1. The second-order valence-corrected chi connectivity index (χ2v) is 8.17. The number of thiazole rings is 1. The predicted octanol–water partition coefficient (Wildman–Crippen LogP) is 2.10. The molecule has 30 heavy (non-hydrogen) atoms. The molecule has 2 aromatic heterocycles. The van der Waals surface area contributed by atoms with Gasteiger partial charge in [-0.25, -0.2) is 9.78 Å².